The smallest absolute Gasteiger partial charge is 0.227 e. The summed E-state index contributed by atoms with van der Waals surface area (Å²) in [5.74, 6) is -0.277. The van der Waals surface area contributed by atoms with E-state index in [1.807, 2.05) is 20.8 Å². The minimum Gasteiger partial charge on any atom is -0.336 e. The second-order valence-electron chi connectivity index (χ2n) is 5.31. The van der Waals surface area contributed by atoms with Gasteiger partial charge in [-0.1, -0.05) is 12.1 Å². The lowest BCUT2D eigenvalue weighted by molar-refractivity contribution is -0.135. The van der Waals surface area contributed by atoms with E-state index in [1.165, 1.54) is 12.1 Å². The maximum absolute atomic E-state index is 12.8. The Labute approximate surface area is 108 Å². The molecular weight excluding hydrogens is 231 g/mol. The molecule has 0 fully saturated rings. The molecule has 0 aliphatic rings. The summed E-state index contributed by atoms with van der Waals surface area (Å²) in [6.45, 7) is 6.90. The van der Waals surface area contributed by atoms with Crippen LogP contribution in [-0.2, 0) is 11.2 Å². The molecule has 1 rings (SSSR count). The van der Waals surface area contributed by atoms with Crippen LogP contribution < -0.4 is 5.73 Å². The number of carbonyl (C=O) groups excluding carboxylic acids is 1. The molecule has 18 heavy (non-hydrogen) atoms. The molecule has 1 aromatic rings. The number of carbonyl (C=O) groups is 1. The van der Waals surface area contributed by atoms with Crippen molar-refractivity contribution in [2.45, 2.75) is 32.7 Å². The van der Waals surface area contributed by atoms with Crippen molar-refractivity contribution in [3.63, 3.8) is 0 Å². The highest BCUT2D eigenvalue weighted by molar-refractivity contribution is 5.79. The number of hydrogen-bond donors (Lipinski definition) is 1. The van der Waals surface area contributed by atoms with E-state index >= 15 is 0 Å². The first-order valence-electron chi connectivity index (χ1n) is 6.09. The zero-order chi connectivity index (χ0) is 13.8. The number of nitrogens with two attached hydrogens (primary N) is 1. The van der Waals surface area contributed by atoms with E-state index in [0.717, 1.165) is 5.56 Å². The standard InChI is InChI=1S/C14H21FN2O/c1-14(2,3)17(9-8-16)13(18)10-11-4-6-12(15)7-5-11/h4-7H,8-10,16H2,1-3H3. The zero-order valence-electron chi connectivity index (χ0n) is 11.2. The van der Waals surface area contributed by atoms with Crippen LogP contribution in [0.4, 0.5) is 4.39 Å². The highest BCUT2D eigenvalue weighted by Crippen LogP contribution is 2.15. The van der Waals surface area contributed by atoms with Crippen LogP contribution in [0.15, 0.2) is 24.3 Å². The van der Waals surface area contributed by atoms with Crippen LogP contribution in [0.3, 0.4) is 0 Å². The Morgan fingerprint density at radius 2 is 1.83 bits per heavy atom. The number of amides is 1. The third-order valence-corrected chi connectivity index (χ3v) is 2.73. The number of rotatable bonds is 4. The topological polar surface area (TPSA) is 46.3 Å². The number of hydrogen-bond acceptors (Lipinski definition) is 2. The maximum atomic E-state index is 12.8. The molecule has 0 atom stereocenters. The van der Waals surface area contributed by atoms with Gasteiger partial charge in [0.1, 0.15) is 5.82 Å². The highest BCUT2D eigenvalue weighted by atomic mass is 19.1. The molecule has 0 saturated carbocycles. The van der Waals surface area contributed by atoms with Crippen molar-refractivity contribution in [1.82, 2.24) is 4.90 Å². The molecule has 0 aromatic heterocycles. The van der Waals surface area contributed by atoms with Crippen LogP contribution >= 0.6 is 0 Å². The van der Waals surface area contributed by atoms with E-state index in [0.29, 0.717) is 13.1 Å². The average molecular weight is 252 g/mol. The molecule has 0 bridgehead atoms. The van der Waals surface area contributed by atoms with Gasteiger partial charge in [0.05, 0.1) is 6.42 Å². The molecule has 1 amide bonds. The second kappa shape index (κ2) is 5.96. The van der Waals surface area contributed by atoms with Crippen molar-refractivity contribution >= 4 is 5.91 Å². The first-order chi connectivity index (χ1) is 8.34. The van der Waals surface area contributed by atoms with Crippen molar-refractivity contribution in [1.29, 1.82) is 0 Å². The molecule has 0 aliphatic heterocycles. The minimum absolute atomic E-state index is 0.0135. The van der Waals surface area contributed by atoms with E-state index in [4.69, 9.17) is 5.73 Å². The molecule has 4 heteroatoms. The zero-order valence-corrected chi connectivity index (χ0v) is 11.2. The molecule has 1 aromatic carbocycles. The van der Waals surface area contributed by atoms with Gasteiger partial charge in [0.25, 0.3) is 0 Å². The molecule has 0 heterocycles. The number of nitrogens with zero attached hydrogens (tertiary/aromatic N) is 1. The summed E-state index contributed by atoms with van der Waals surface area (Å²) >= 11 is 0. The van der Waals surface area contributed by atoms with E-state index < -0.39 is 0 Å². The molecule has 0 unspecified atom stereocenters. The van der Waals surface area contributed by atoms with Gasteiger partial charge in [-0.25, -0.2) is 4.39 Å². The summed E-state index contributed by atoms with van der Waals surface area (Å²) in [5.41, 5.74) is 6.09. The van der Waals surface area contributed by atoms with Gasteiger partial charge >= 0.3 is 0 Å². The normalized spacial score (nSPS) is 11.4. The van der Waals surface area contributed by atoms with E-state index in [9.17, 15) is 9.18 Å². The predicted molar refractivity (Wildman–Crippen MR) is 70.6 cm³/mol. The van der Waals surface area contributed by atoms with E-state index in [-0.39, 0.29) is 23.7 Å². The van der Waals surface area contributed by atoms with Gasteiger partial charge in [-0.05, 0) is 38.5 Å². The molecule has 0 aliphatic carbocycles. The van der Waals surface area contributed by atoms with Crippen molar-refractivity contribution in [3.05, 3.63) is 35.6 Å². The van der Waals surface area contributed by atoms with Crippen molar-refractivity contribution in [3.8, 4) is 0 Å². The fraction of sp³-hybridized carbons (Fsp3) is 0.500. The Hall–Kier alpha value is -1.42. The largest absolute Gasteiger partial charge is 0.336 e. The fourth-order valence-corrected chi connectivity index (χ4v) is 1.84. The SMILES string of the molecule is CC(C)(C)N(CCN)C(=O)Cc1ccc(F)cc1. The van der Waals surface area contributed by atoms with Gasteiger partial charge < -0.3 is 10.6 Å². The molecule has 100 valence electrons. The van der Waals surface area contributed by atoms with E-state index in [2.05, 4.69) is 0 Å². The first kappa shape index (κ1) is 14.6. The highest BCUT2D eigenvalue weighted by Gasteiger charge is 2.25. The minimum atomic E-state index is -0.291. The number of halogens is 1. The lowest BCUT2D eigenvalue weighted by Crippen LogP contribution is -2.48. The van der Waals surface area contributed by atoms with Crippen molar-refractivity contribution in [2.75, 3.05) is 13.1 Å². The Morgan fingerprint density at radius 3 is 2.28 bits per heavy atom. The third kappa shape index (κ3) is 4.11. The van der Waals surface area contributed by atoms with Gasteiger partial charge in [0.15, 0.2) is 0 Å². The van der Waals surface area contributed by atoms with Gasteiger partial charge in [0.2, 0.25) is 5.91 Å². The van der Waals surface area contributed by atoms with Crippen LogP contribution in [-0.4, -0.2) is 29.4 Å². The molecule has 0 radical (unpaired) electrons. The van der Waals surface area contributed by atoms with Crippen molar-refractivity contribution in [2.24, 2.45) is 5.73 Å². The Morgan fingerprint density at radius 1 is 1.28 bits per heavy atom. The quantitative estimate of drug-likeness (QED) is 0.890. The first-order valence-corrected chi connectivity index (χ1v) is 6.09. The predicted octanol–water partition coefficient (Wildman–Crippen LogP) is 1.95. The Kier molecular flexibility index (Phi) is 4.84. The van der Waals surface area contributed by atoms with Gasteiger partial charge in [-0.3, -0.25) is 4.79 Å². The van der Waals surface area contributed by atoms with Gasteiger partial charge in [-0.2, -0.15) is 0 Å². The monoisotopic (exact) mass is 252 g/mol. The van der Waals surface area contributed by atoms with Crippen LogP contribution in [0.5, 0.6) is 0 Å². The summed E-state index contributed by atoms with van der Waals surface area (Å²) in [6, 6.07) is 6.01. The average Bonchev–Trinajstić information content (AvgIpc) is 2.27. The van der Waals surface area contributed by atoms with Crippen LogP contribution in [0.25, 0.3) is 0 Å². The van der Waals surface area contributed by atoms with Crippen LogP contribution in [0, 0.1) is 5.82 Å². The Balaban J connectivity index is 2.76. The lowest BCUT2D eigenvalue weighted by Gasteiger charge is -2.35. The van der Waals surface area contributed by atoms with E-state index in [1.54, 1.807) is 17.0 Å². The summed E-state index contributed by atoms with van der Waals surface area (Å²) in [4.78, 5) is 14.0. The fourth-order valence-electron chi connectivity index (χ4n) is 1.84. The second-order valence-corrected chi connectivity index (χ2v) is 5.31. The summed E-state index contributed by atoms with van der Waals surface area (Å²) in [5, 5.41) is 0. The molecular formula is C14H21FN2O. The molecule has 2 N–H and O–H groups in total. The summed E-state index contributed by atoms with van der Waals surface area (Å²) in [7, 11) is 0. The summed E-state index contributed by atoms with van der Waals surface area (Å²) < 4.78 is 12.8. The maximum Gasteiger partial charge on any atom is 0.227 e. The van der Waals surface area contributed by atoms with Gasteiger partial charge in [-0.15, -0.1) is 0 Å². The third-order valence-electron chi connectivity index (χ3n) is 2.73. The molecule has 0 spiro atoms. The molecule has 0 saturated heterocycles. The van der Waals surface area contributed by atoms with Crippen LogP contribution in [0.2, 0.25) is 0 Å². The van der Waals surface area contributed by atoms with Crippen molar-refractivity contribution < 1.29 is 9.18 Å². The van der Waals surface area contributed by atoms with Crippen LogP contribution in [0.1, 0.15) is 26.3 Å². The Bertz CT molecular complexity index is 395. The lowest BCUT2D eigenvalue weighted by atomic mass is 10.0. The summed E-state index contributed by atoms with van der Waals surface area (Å²) in [6.07, 6.45) is 0.275. The molecule has 3 nitrogen and oxygen atoms in total. The number of benzene rings is 1. The van der Waals surface area contributed by atoms with Gasteiger partial charge in [0, 0.05) is 18.6 Å².